The molecule has 90 valence electrons. The molecular formula is C14H23NS. The fourth-order valence-electron chi connectivity index (χ4n) is 2.83. The lowest BCUT2D eigenvalue weighted by Crippen LogP contribution is -2.27. The highest BCUT2D eigenvalue weighted by Gasteiger charge is 2.23. The number of thiophene rings is 1. The topological polar surface area (TPSA) is 12.0 Å². The maximum atomic E-state index is 3.69. The summed E-state index contributed by atoms with van der Waals surface area (Å²) in [6.45, 7) is 3.30. The van der Waals surface area contributed by atoms with Gasteiger partial charge in [-0.15, -0.1) is 11.3 Å². The Morgan fingerprint density at radius 1 is 1.31 bits per heavy atom. The quantitative estimate of drug-likeness (QED) is 0.767. The first kappa shape index (κ1) is 12.1. The Bertz CT molecular complexity index is 273. The largest absolute Gasteiger partial charge is 0.309 e. The van der Waals surface area contributed by atoms with Gasteiger partial charge in [-0.05, 0) is 36.8 Å². The van der Waals surface area contributed by atoms with Crippen LogP contribution in [0.1, 0.15) is 56.4 Å². The van der Waals surface area contributed by atoms with Crippen LogP contribution in [0.3, 0.4) is 0 Å². The second kappa shape index (κ2) is 6.41. The van der Waals surface area contributed by atoms with Gasteiger partial charge in [0.15, 0.2) is 0 Å². The van der Waals surface area contributed by atoms with Gasteiger partial charge in [0.1, 0.15) is 0 Å². The maximum Gasteiger partial charge on any atom is 0.0443 e. The van der Waals surface area contributed by atoms with E-state index in [1.807, 2.05) is 11.3 Å². The lowest BCUT2D eigenvalue weighted by molar-refractivity contribution is 0.334. The zero-order chi connectivity index (χ0) is 11.2. The molecule has 1 heterocycles. The Morgan fingerprint density at radius 2 is 2.06 bits per heavy atom. The van der Waals surface area contributed by atoms with E-state index in [4.69, 9.17) is 0 Å². The predicted octanol–water partition coefficient (Wildman–Crippen LogP) is 4.37. The van der Waals surface area contributed by atoms with Crippen molar-refractivity contribution in [2.75, 3.05) is 6.54 Å². The molecule has 0 aromatic carbocycles. The van der Waals surface area contributed by atoms with Crippen LogP contribution in [-0.2, 0) is 0 Å². The van der Waals surface area contributed by atoms with Gasteiger partial charge >= 0.3 is 0 Å². The molecule has 0 amide bonds. The maximum absolute atomic E-state index is 3.69. The van der Waals surface area contributed by atoms with E-state index in [-0.39, 0.29) is 0 Å². The standard InChI is InChI=1S/C14H23NS/c1-2-15-14(13-10-7-11-16-13)12-8-5-3-4-6-9-12/h7,10-12,14-15H,2-6,8-9H2,1H3. The van der Waals surface area contributed by atoms with Crippen molar-refractivity contribution in [2.45, 2.75) is 51.5 Å². The van der Waals surface area contributed by atoms with Gasteiger partial charge in [-0.2, -0.15) is 0 Å². The number of nitrogens with one attached hydrogen (secondary N) is 1. The molecule has 16 heavy (non-hydrogen) atoms. The Labute approximate surface area is 103 Å². The molecule has 0 saturated heterocycles. The van der Waals surface area contributed by atoms with Gasteiger partial charge in [0.2, 0.25) is 0 Å². The molecule has 1 saturated carbocycles. The second-order valence-electron chi connectivity index (χ2n) is 4.80. The molecule has 0 aliphatic heterocycles. The van der Waals surface area contributed by atoms with E-state index in [1.165, 1.54) is 43.4 Å². The summed E-state index contributed by atoms with van der Waals surface area (Å²) in [5.41, 5.74) is 0. The van der Waals surface area contributed by atoms with Crippen LogP contribution in [-0.4, -0.2) is 6.54 Å². The summed E-state index contributed by atoms with van der Waals surface area (Å²) in [5, 5.41) is 5.90. The molecule has 1 unspecified atom stereocenters. The van der Waals surface area contributed by atoms with Gasteiger partial charge < -0.3 is 5.32 Å². The normalized spacial score (nSPS) is 20.6. The highest BCUT2D eigenvalue weighted by Crippen LogP contribution is 2.35. The smallest absolute Gasteiger partial charge is 0.0443 e. The van der Waals surface area contributed by atoms with Gasteiger partial charge in [-0.1, -0.05) is 38.7 Å². The summed E-state index contributed by atoms with van der Waals surface area (Å²) in [4.78, 5) is 1.54. The third kappa shape index (κ3) is 3.08. The third-order valence-corrected chi connectivity index (χ3v) is 4.60. The van der Waals surface area contributed by atoms with Crippen LogP contribution in [0.5, 0.6) is 0 Å². The summed E-state index contributed by atoms with van der Waals surface area (Å²) in [7, 11) is 0. The third-order valence-electron chi connectivity index (χ3n) is 3.64. The molecule has 1 aliphatic rings. The minimum absolute atomic E-state index is 0.614. The fourth-order valence-corrected chi connectivity index (χ4v) is 3.73. The Morgan fingerprint density at radius 3 is 2.62 bits per heavy atom. The predicted molar refractivity (Wildman–Crippen MR) is 71.9 cm³/mol. The molecule has 1 aromatic rings. The molecule has 0 radical (unpaired) electrons. The second-order valence-corrected chi connectivity index (χ2v) is 5.78. The average Bonchev–Trinajstić information content (AvgIpc) is 2.69. The average molecular weight is 237 g/mol. The number of hydrogen-bond donors (Lipinski definition) is 1. The highest BCUT2D eigenvalue weighted by molar-refractivity contribution is 7.10. The van der Waals surface area contributed by atoms with Crippen molar-refractivity contribution >= 4 is 11.3 Å². The zero-order valence-corrected chi connectivity index (χ0v) is 11.1. The minimum Gasteiger partial charge on any atom is -0.309 e. The first-order valence-corrected chi connectivity index (χ1v) is 7.56. The van der Waals surface area contributed by atoms with Crippen molar-refractivity contribution in [3.05, 3.63) is 22.4 Å². The molecule has 1 aromatic heterocycles. The van der Waals surface area contributed by atoms with Crippen molar-refractivity contribution in [1.82, 2.24) is 5.32 Å². The Kier molecular flexibility index (Phi) is 4.86. The fraction of sp³-hybridized carbons (Fsp3) is 0.714. The van der Waals surface area contributed by atoms with Crippen LogP contribution in [0.25, 0.3) is 0 Å². The molecule has 2 rings (SSSR count). The van der Waals surface area contributed by atoms with Gasteiger partial charge in [-0.3, -0.25) is 0 Å². The molecule has 1 fully saturated rings. The zero-order valence-electron chi connectivity index (χ0n) is 10.2. The summed E-state index contributed by atoms with van der Waals surface area (Å²) >= 11 is 1.91. The van der Waals surface area contributed by atoms with Gasteiger partial charge in [0, 0.05) is 10.9 Å². The van der Waals surface area contributed by atoms with E-state index in [0.29, 0.717) is 6.04 Å². The van der Waals surface area contributed by atoms with Crippen molar-refractivity contribution < 1.29 is 0 Å². The highest BCUT2D eigenvalue weighted by atomic mass is 32.1. The first-order valence-electron chi connectivity index (χ1n) is 6.68. The van der Waals surface area contributed by atoms with Gasteiger partial charge in [-0.25, -0.2) is 0 Å². The SMILES string of the molecule is CCNC(c1cccs1)C1CCCCCC1. The van der Waals surface area contributed by atoms with Crippen molar-refractivity contribution in [3.8, 4) is 0 Å². The lowest BCUT2D eigenvalue weighted by atomic mass is 9.91. The van der Waals surface area contributed by atoms with E-state index >= 15 is 0 Å². The van der Waals surface area contributed by atoms with E-state index in [1.54, 1.807) is 0 Å². The molecule has 1 nitrogen and oxygen atoms in total. The van der Waals surface area contributed by atoms with Crippen LogP contribution in [0.4, 0.5) is 0 Å². The minimum atomic E-state index is 0.614. The van der Waals surface area contributed by atoms with Crippen molar-refractivity contribution in [1.29, 1.82) is 0 Å². The monoisotopic (exact) mass is 237 g/mol. The number of hydrogen-bond acceptors (Lipinski definition) is 2. The van der Waals surface area contributed by atoms with Crippen LogP contribution in [0.15, 0.2) is 17.5 Å². The molecule has 0 bridgehead atoms. The van der Waals surface area contributed by atoms with E-state index < -0.39 is 0 Å². The van der Waals surface area contributed by atoms with Crippen molar-refractivity contribution in [2.24, 2.45) is 5.92 Å². The lowest BCUT2D eigenvalue weighted by Gasteiger charge is -2.26. The summed E-state index contributed by atoms with van der Waals surface area (Å²) in [5.74, 6) is 0.862. The molecular weight excluding hydrogens is 214 g/mol. The van der Waals surface area contributed by atoms with Gasteiger partial charge in [0.05, 0.1) is 0 Å². The van der Waals surface area contributed by atoms with Gasteiger partial charge in [0.25, 0.3) is 0 Å². The van der Waals surface area contributed by atoms with E-state index in [9.17, 15) is 0 Å². The number of rotatable bonds is 4. The summed E-state index contributed by atoms with van der Waals surface area (Å²) < 4.78 is 0. The molecule has 0 spiro atoms. The van der Waals surface area contributed by atoms with Crippen LogP contribution >= 0.6 is 11.3 Å². The molecule has 2 heteroatoms. The van der Waals surface area contributed by atoms with E-state index in [2.05, 4.69) is 29.8 Å². The molecule has 1 atom stereocenters. The van der Waals surface area contributed by atoms with Crippen LogP contribution in [0.2, 0.25) is 0 Å². The first-order chi connectivity index (χ1) is 7.92. The Hall–Kier alpha value is -0.340. The summed E-state index contributed by atoms with van der Waals surface area (Å²) in [6, 6.07) is 5.09. The van der Waals surface area contributed by atoms with Crippen molar-refractivity contribution in [3.63, 3.8) is 0 Å². The Balaban J connectivity index is 2.05. The molecule has 1 N–H and O–H groups in total. The van der Waals surface area contributed by atoms with E-state index in [0.717, 1.165) is 12.5 Å². The molecule has 1 aliphatic carbocycles. The van der Waals surface area contributed by atoms with Crippen LogP contribution in [0, 0.1) is 5.92 Å². The van der Waals surface area contributed by atoms with Crippen LogP contribution < -0.4 is 5.32 Å². The summed E-state index contributed by atoms with van der Waals surface area (Å²) in [6.07, 6.45) is 8.57.